The van der Waals surface area contributed by atoms with Gasteiger partial charge < -0.3 is 10.7 Å². The van der Waals surface area contributed by atoms with Crippen molar-refractivity contribution in [2.45, 2.75) is 18.2 Å². The molecule has 0 aliphatic heterocycles. The van der Waals surface area contributed by atoms with Gasteiger partial charge in [0.05, 0.1) is 11.6 Å². The Hall–Kier alpha value is -1.42. The van der Waals surface area contributed by atoms with Crippen LogP contribution in [0.5, 0.6) is 0 Å². The Balaban J connectivity index is 2.74. The van der Waals surface area contributed by atoms with Crippen molar-refractivity contribution in [3.8, 4) is 0 Å². The highest BCUT2D eigenvalue weighted by Gasteiger charge is 2.17. The number of hydrogen-bond donors (Lipinski definition) is 4. The van der Waals surface area contributed by atoms with Gasteiger partial charge in [0.15, 0.2) is 5.82 Å². The van der Waals surface area contributed by atoms with Crippen LogP contribution < -0.4 is 21.3 Å². The summed E-state index contributed by atoms with van der Waals surface area (Å²) in [6.07, 6.45) is 1.86. The predicted molar refractivity (Wildman–Crippen MR) is 75.5 cm³/mol. The van der Waals surface area contributed by atoms with Crippen LogP contribution >= 0.6 is 11.6 Å². The summed E-state index contributed by atoms with van der Waals surface area (Å²) in [6.45, 7) is 2.03. The van der Waals surface area contributed by atoms with E-state index in [0.29, 0.717) is 6.54 Å². The van der Waals surface area contributed by atoms with Crippen molar-refractivity contribution >= 4 is 33.3 Å². The number of aromatic nitrogens is 1. The molecule has 0 atom stereocenters. The number of nitrogen functional groups attached to an aromatic ring is 1. The molecule has 0 saturated carbocycles. The van der Waals surface area contributed by atoms with E-state index in [4.69, 9.17) is 17.4 Å². The minimum absolute atomic E-state index is 0.0609. The van der Waals surface area contributed by atoms with Crippen molar-refractivity contribution in [2.75, 3.05) is 18.5 Å². The monoisotopic (exact) mass is 321 g/mol. The molecule has 0 aromatic carbocycles. The summed E-state index contributed by atoms with van der Waals surface area (Å²) in [5.41, 5.74) is 2.22. The average Bonchev–Trinajstić information content (AvgIpc) is 2.42. The molecule has 5 N–H and O–H groups in total. The van der Waals surface area contributed by atoms with Crippen molar-refractivity contribution in [1.82, 2.24) is 15.0 Å². The lowest BCUT2D eigenvalue weighted by atomic mass is 10.4. The molecule has 0 bridgehead atoms. The van der Waals surface area contributed by atoms with Crippen LogP contribution in [0, 0.1) is 0 Å². The van der Waals surface area contributed by atoms with Gasteiger partial charge in [-0.25, -0.2) is 24.0 Å². The van der Waals surface area contributed by atoms with Crippen LogP contribution in [0.25, 0.3) is 0 Å². The van der Waals surface area contributed by atoms with Gasteiger partial charge in [0.1, 0.15) is 4.90 Å². The van der Waals surface area contributed by atoms with Crippen LogP contribution in [0.1, 0.15) is 13.3 Å². The number of hydrogen-bond acceptors (Lipinski definition) is 6. The quantitative estimate of drug-likeness (QED) is 0.408. The van der Waals surface area contributed by atoms with Crippen LogP contribution in [0.3, 0.4) is 0 Å². The molecule has 1 rings (SSSR count). The Morgan fingerprint density at radius 3 is 2.75 bits per heavy atom. The first kappa shape index (κ1) is 16.6. The fourth-order valence-electron chi connectivity index (χ4n) is 1.24. The second-order valence-corrected chi connectivity index (χ2v) is 5.99. The fourth-order valence-corrected chi connectivity index (χ4v) is 2.48. The highest BCUT2D eigenvalue weighted by molar-refractivity contribution is 7.89. The molecule has 0 fully saturated rings. The minimum atomic E-state index is -3.85. The van der Waals surface area contributed by atoms with Gasteiger partial charge in [-0.2, -0.15) is 0 Å². The Morgan fingerprint density at radius 1 is 1.50 bits per heavy atom. The summed E-state index contributed by atoms with van der Waals surface area (Å²) in [7, 11) is -3.85. The molecule has 1 aromatic rings. The number of nitrogens with one attached hydrogen (secondary N) is 3. The first-order chi connectivity index (χ1) is 9.40. The van der Waals surface area contributed by atoms with Gasteiger partial charge in [-0.1, -0.05) is 18.5 Å². The third kappa shape index (κ3) is 4.60. The summed E-state index contributed by atoms with van der Waals surface area (Å²) < 4.78 is 26.0. The maximum Gasteiger partial charge on any atom is 0.242 e. The molecular formula is C10H16ClN5O3S. The van der Waals surface area contributed by atoms with Crippen LogP contribution in [0.15, 0.2) is 17.2 Å². The molecule has 0 spiro atoms. The van der Waals surface area contributed by atoms with E-state index in [1.165, 1.54) is 6.07 Å². The molecule has 1 heterocycles. The Bertz CT molecular complexity index is 578. The zero-order valence-corrected chi connectivity index (χ0v) is 12.4. The SMILES string of the molecule is CCCNC(=O)CNS(=O)(=O)c1cnc(NN)c(Cl)c1. The third-order valence-corrected chi connectivity index (χ3v) is 3.91. The Morgan fingerprint density at radius 2 is 2.20 bits per heavy atom. The summed E-state index contributed by atoms with van der Waals surface area (Å²) in [5, 5.41) is 2.61. The number of nitrogens with zero attached hydrogens (tertiary/aromatic N) is 1. The number of carbonyl (C=O) groups is 1. The second kappa shape index (κ2) is 7.39. The number of carbonyl (C=O) groups excluding carboxylic acids is 1. The average molecular weight is 322 g/mol. The molecule has 0 saturated heterocycles. The van der Waals surface area contributed by atoms with Crippen LogP contribution in [-0.2, 0) is 14.8 Å². The molecule has 112 valence electrons. The lowest BCUT2D eigenvalue weighted by molar-refractivity contribution is -0.119. The third-order valence-electron chi connectivity index (χ3n) is 2.26. The lowest BCUT2D eigenvalue weighted by Crippen LogP contribution is -2.37. The number of anilines is 1. The summed E-state index contributed by atoms with van der Waals surface area (Å²) in [4.78, 5) is 14.9. The van der Waals surface area contributed by atoms with E-state index in [2.05, 4.69) is 20.4 Å². The summed E-state index contributed by atoms with van der Waals surface area (Å²) in [6, 6.07) is 1.19. The van der Waals surface area contributed by atoms with Gasteiger partial charge in [0, 0.05) is 12.7 Å². The molecule has 0 aliphatic carbocycles. The van der Waals surface area contributed by atoms with Crippen molar-refractivity contribution < 1.29 is 13.2 Å². The number of rotatable bonds is 7. The zero-order chi connectivity index (χ0) is 15.2. The van der Waals surface area contributed by atoms with E-state index in [1.54, 1.807) is 0 Å². The minimum Gasteiger partial charge on any atom is -0.355 e. The molecule has 20 heavy (non-hydrogen) atoms. The number of pyridine rings is 1. The first-order valence-corrected chi connectivity index (χ1v) is 7.65. The number of halogens is 1. The highest BCUT2D eigenvalue weighted by Crippen LogP contribution is 2.21. The van der Waals surface area contributed by atoms with E-state index in [-0.39, 0.29) is 22.3 Å². The standard InChI is InChI=1S/C10H16ClN5O3S/c1-2-3-13-9(17)6-15-20(18,19)7-4-8(11)10(16-12)14-5-7/h4-5,15H,2-3,6,12H2,1H3,(H,13,17)(H,14,16). The van der Waals surface area contributed by atoms with Crippen LogP contribution in [0.4, 0.5) is 5.82 Å². The maximum absolute atomic E-state index is 11.9. The van der Waals surface area contributed by atoms with E-state index >= 15 is 0 Å². The lowest BCUT2D eigenvalue weighted by Gasteiger charge is -2.08. The van der Waals surface area contributed by atoms with E-state index in [9.17, 15) is 13.2 Å². The van der Waals surface area contributed by atoms with Gasteiger partial charge in [0.2, 0.25) is 15.9 Å². The molecular weight excluding hydrogens is 306 g/mol. The van der Waals surface area contributed by atoms with E-state index in [0.717, 1.165) is 12.6 Å². The van der Waals surface area contributed by atoms with E-state index < -0.39 is 15.9 Å². The summed E-state index contributed by atoms with van der Waals surface area (Å²) >= 11 is 5.79. The summed E-state index contributed by atoms with van der Waals surface area (Å²) in [5.74, 6) is 4.89. The predicted octanol–water partition coefficient (Wildman–Crippen LogP) is -0.175. The molecule has 10 heteroatoms. The van der Waals surface area contributed by atoms with Gasteiger partial charge in [-0.3, -0.25) is 4.79 Å². The molecule has 0 aliphatic rings. The second-order valence-electron chi connectivity index (χ2n) is 3.82. The number of amides is 1. The largest absolute Gasteiger partial charge is 0.355 e. The zero-order valence-electron chi connectivity index (χ0n) is 10.8. The molecule has 1 aromatic heterocycles. The van der Waals surface area contributed by atoms with Crippen molar-refractivity contribution in [3.63, 3.8) is 0 Å². The topological polar surface area (TPSA) is 126 Å². The van der Waals surface area contributed by atoms with Gasteiger partial charge in [0.25, 0.3) is 0 Å². The molecule has 0 radical (unpaired) electrons. The fraction of sp³-hybridized carbons (Fsp3) is 0.400. The van der Waals surface area contributed by atoms with Crippen LogP contribution in [-0.4, -0.2) is 32.4 Å². The normalized spacial score (nSPS) is 11.2. The number of hydrazine groups is 1. The molecule has 8 nitrogen and oxygen atoms in total. The van der Waals surface area contributed by atoms with Gasteiger partial charge in [-0.15, -0.1) is 0 Å². The van der Waals surface area contributed by atoms with Crippen LogP contribution in [0.2, 0.25) is 5.02 Å². The Labute approximate surface area is 122 Å². The Kier molecular flexibility index (Phi) is 6.14. The molecule has 1 amide bonds. The molecule has 0 unspecified atom stereocenters. The van der Waals surface area contributed by atoms with Crippen molar-refractivity contribution in [3.05, 3.63) is 17.3 Å². The smallest absolute Gasteiger partial charge is 0.242 e. The van der Waals surface area contributed by atoms with E-state index in [1.807, 2.05) is 6.92 Å². The van der Waals surface area contributed by atoms with Gasteiger partial charge >= 0.3 is 0 Å². The van der Waals surface area contributed by atoms with Gasteiger partial charge in [-0.05, 0) is 12.5 Å². The number of nitrogens with two attached hydrogens (primary N) is 1. The van der Waals surface area contributed by atoms with Crippen molar-refractivity contribution in [2.24, 2.45) is 5.84 Å². The number of sulfonamides is 1. The maximum atomic E-state index is 11.9. The van der Waals surface area contributed by atoms with Crippen molar-refractivity contribution in [1.29, 1.82) is 0 Å². The highest BCUT2D eigenvalue weighted by atomic mass is 35.5. The first-order valence-electron chi connectivity index (χ1n) is 5.79.